The van der Waals surface area contributed by atoms with E-state index in [-0.39, 0.29) is 49.4 Å². The van der Waals surface area contributed by atoms with Crippen LogP contribution in [-0.2, 0) is 33.3 Å². The molecule has 0 amide bonds. The quantitative estimate of drug-likeness (QED) is 0.0726. The first-order valence-corrected chi connectivity index (χ1v) is 19.2. The van der Waals surface area contributed by atoms with Gasteiger partial charge in [0.05, 0.1) is 29.6 Å². The second kappa shape index (κ2) is 16.1. The van der Waals surface area contributed by atoms with Crippen LogP contribution in [0.5, 0.6) is 11.5 Å². The van der Waals surface area contributed by atoms with Crippen LogP contribution in [0, 0.1) is 13.8 Å². The average molecular weight is 727 g/mol. The summed E-state index contributed by atoms with van der Waals surface area (Å²) in [6.45, 7) is 3.85. The minimum atomic E-state index is -3.95. The molecule has 0 aromatic heterocycles. The molecule has 6 aromatic carbocycles. The molecule has 11 heteroatoms. The highest BCUT2D eigenvalue weighted by Crippen LogP contribution is 2.45. The molecule has 0 saturated heterocycles. The lowest BCUT2D eigenvalue weighted by atomic mass is 9.92. The van der Waals surface area contributed by atoms with Crippen LogP contribution in [0.3, 0.4) is 0 Å². The molecule has 0 radical (unpaired) electrons. The summed E-state index contributed by atoms with van der Waals surface area (Å²) < 4.78 is 79.1. The SMILES string of the molecule is Cc1ccc(S(=O)(=O)OCCOCCOc2ccc3ccccc3c2-c2c(OCCOS(=O)(=O)c3ccc(C)cc3)ccc3ccccc23)cc1. The Morgan fingerprint density at radius 2 is 0.824 bits per heavy atom. The molecule has 0 spiro atoms. The summed E-state index contributed by atoms with van der Waals surface area (Å²) in [4.78, 5) is 0.178. The Hall–Kier alpha value is -4.78. The summed E-state index contributed by atoms with van der Waals surface area (Å²) >= 11 is 0. The lowest BCUT2D eigenvalue weighted by molar-refractivity contribution is 0.0780. The van der Waals surface area contributed by atoms with Crippen molar-refractivity contribution < 1.29 is 39.4 Å². The zero-order valence-corrected chi connectivity index (χ0v) is 29.9. The third kappa shape index (κ3) is 8.76. The van der Waals surface area contributed by atoms with Crippen molar-refractivity contribution in [3.63, 3.8) is 0 Å². The first-order valence-electron chi connectivity index (χ1n) is 16.4. The number of fused-ring (bicyclic) bond motifs is 2. The predicted molar refractivity (Wildman–Crippen MR) is 197 cm³/mol. The smallest absolute Gasteiger partial charge is 0.297 e. The van der Waals surface area contributed by atoms with Crippen molar-refractivity contribution in [2.45, 2.75) is 23.6 Å². The Bertz CT molecular complexity index is 2340. The van der Waals surface area contributed by atoms with E-state index in [9.17, 15) is 16.8 Å². The maximum absolute atomic E-state index is 12.8. The largest absolute Gasteiger partial charge is 0.491 e. The van der Waals surface area contributed by atoms with Crippen LogP contribution >= 0.6 is 0 Å². The van der Waals surface area contributed by atoms with Crippen LogP contribution < -0.4 is 9.47 Å². The molecule has 0 aliphatic heterocycles. The van der Waals surface area contributed by atoms with Gasteiger partial charge in [-0.3, -0.25) is 8.37 Å². The Balaban J connectivity index is 1.18. The molecule has 6 aromatic rings. The topological polar surface area (TPSA) is 114 Å². The highest BCUT2D eigenvalue weighted by atomic mass is 32.2. The van der Waals surface area contributed by atoms with Gasteiger partial charge in [0, 0.05) is 11.1 Å². The minimum Gasteiger partial charge on any atom is -0.491 e. The van der Waals surface area contributed by atoms with E-state index in [1.165, 1.54) is 24.3 Å². The molecule has 0 aliphatic rings. The fraction of sp³-hybridized carbons (Fsp3) is 0.200. The number of benzene rings is 6. The van der Waals surface area contributed by atoms with Crippen LogP contribution in [0.25, 0.3) is 32.7 Å². The summed E-state index contributed by atoms with van der Waals surface area (Å²) in [6, 6.07) is 36.5. The van der Waals surface area contributed by atoms with E-state index in [0.29, 0.717) is 11.5 Å². The molecule has 0 fully saturated rings. The van der Waals surface area contributed by atoms with E-state index < -0.39 is 20.2 Å². The van der Waals surface area contributed by atoms with Gasteiger partial charge in [-0.05, 0) is 71.8 Å². The third-order valence-corrected chi connectivity index (χ3v) is 10.8. The van der Waals surface area contributed by atoms with Crippen LogP contribution in [0.2, 0.25) is 0 Å². The molecular weight excluding hydrogens is 689 g/mol. The first kappa shape index (κ1) is 36.0. The van der Waals surface area contributed by atoms with Crippen molar-refractivity contribution in [1.82, 2.24) is 0 Å². The van der Waals surface area contributed by atoms with Gasteiger partial charge < -0.3 is 14.2 Å². The molecule has 6 rings (SSSR count). The highest BCUT2D eigenvalue weighted by molar-refractivity contribution is 7.87. The molecule has 0 heterocycles. The molecule has 51 heavy (non-hydrogen) atoms. The summed E-state index contributed by atoms with van der Waals surface area (Å²) in [5.41, 5.74) is 3.49. The summed E-state index contributed by atoms with van der Waals surface area (Å²) in [5, 5.41) is 3.84. The van der Waals surface area contributed by atoms with Gasteiger partial charge in [0.25, 0.3) is 20.2 Å². The van der Waals surface area contributed by atoms with Gasteiger partial charge in [0.2, 0.25) is 0 Å². The Morgan fingerprint density at radius 1 is 0.431 bits per heavy atom. The van der Waals surface area contributed by atoms with Crippen molar-refractivity contribution in [1.29, 1.82) is 0 Å². The zero-order valence-electron chi connectivity index (χ0n) is 28.3. The predicted octanol–water partition coefficient (Wildman–Crippen LogP) is 7.86. The second-order valence-electron chi connectivity index (χ2n) is 11.8. The lowest BCUT2D eigenvalue weighted by Gasteiger charge is -2.20. The molecule has 9 nitrogen and oxygen atoms in total. The highest BCUT2D eigenvalue weighted by Gasteiger charge is 2.20. The summed E-state index contributed by atoms with van der Waals surface area (Å²) in [7, 11) is -7.84. The van der Waals surface area contributed by atoms with Crippen LogP contribution in [-0.4, -0.2) is 56.5 Å². The molecule has 0 aliphatic carbocycles. The molecular formula is C40H38O9S2. The van der Waals surface area contributed by atoms with Crippen molar-refractivity contribution >= 4 is 41.8 Å². The Labute approximate surface area is 298 Å². The number of aryl methyl sites for hydroxylation is 2. The van der Waals surface area contributed by atoms with E-state index >= 15 is 0 Å². The normalized spacial score (nSPS) is 12.0. The van der Waals surface area contributed by atoms with E-state index in [2.05, 4.69) is 0 Å². The Morgan fingerprint density at radius 3 is 1.29 bits per heavy atom. The van der Waals surface area contributed by atoms with Gasteiger partial charge in [-0.1, -0.05) is 96.1 Å². The van der Waals surface area contributed by atoms with Gasteiger partial charge in [-0.2, -0.15) is 16.8 Å². The Kier molecular flexibility index (Phi) is 11.3. The maximum atomic E-state index is 12.8. The van der Waals surface area contributed by atoms with Gasteiger partial charge >= 0.3 is 0 Å². The minimum absolute atomic E-state index is 0.0209. The lowest BCUT2D eigenvalue weighted by Crippen LogP contribution is -2.14. The van der Waals surface area contributed by atoms with Crippen LogP contribution in [0.15, 0.2) is 131 Å². The van der Waals surface area contributed by atoms with Crippen molar-refractivity contribution in [3.05, 3.63) is 132 Å². The van der Waals surface area contributed by atoms with E-state index in [0.717, 1.165) is 43.8 Å². The monoisotopic (exact) mass is 726 g/mol. The van der Waals surface area contributed by atoms with Gasteiger partial charge in [0.15, 0.2) is 0 Å². The average Bonchev–Trinajstić information content (AvgIpc) is 3.13. The van der Waals surface area contributed by atoms with Crippen LogP contribution in [0.1, 0.15) is 11.1 Å². The van der Waals surface area contributed by atoms with Crippen molar-refractivity contribution in [3.8, 4) is 22.6 Å². The molecule has 0 saturated carbocycles. The fourth-order valence-corrected chi connectivity index (χ4v) is 7.40. The van der Waals surface area contributed by atoms with Gasteiger partial charge in [0.1, 0.15) is 31.3 Å². The molecule has 0 atom stereocenters. The van der Waals surface area contributed by atoms with Gasteiger partial charge in [-0.15, -0.1) is 0 Å². The zero-order chi connectivity index (χ0) is 35.8. The van der Waals surface area contributed by atoms with Crippen molar-refractivity contribution in [2.24, 2.45) is 0 Å². The van der Waals surface area contributed by atoms with Gasteiger partial charge in [-0.25, -0.2) is 0 Å². The number of hydrogen-bond acceptors (Lipinski definition) is 9. The summed E-state index contributed by atoms with van der Waals surface area (Å²) in [5.74, 6) is 1.13. The molecule has 264 valence electrons. The van der Waals surface area contributed by atoms with Crippen LogP contribution in [0.4, 0.5) is 0 Å². The number of rotatable bonds is 16. The van der Waals surface area contributed by atoms with E-state index in [4.69, 9.17) is 22.6 Å². The first-order chi connectivity index (χ1) is 24.6. The second-order valence-corrected chi connectivity index (χ2v) is 15.0. The third-order valence-electron chi connectivity index (χ3n) is 8.18. The molecule has 0 unspecified atom stereocenters. The fourth-order valence-electron chi connectivity index (χ4n) is 5.62. The summed E-state index contributed by atoms with van der Waals surface area (Å²) in [6.07, 6.45) is 0. The number of ether oxygens (including phenoxy) is 3. The maximum Gasteiger partial charge on any atom is 0.297 e. The van der Waals surface area contributed by atoms with Crippen molar-refractivity contribution in [2.75, 3.05) is 39.6 Å². The van der Waals surface area contributed by atoms with E-state index in [1.54, 1.807) is 24.3 Å². The standard InChI is InChI=1S/C40H38O9S2/c1-29-11-17-33(18-12-29)50(41,42)48-27-24-45-23-25-46-37-21-15-31-7-3-5-9-35(31)39(37)40-36-10-6-4-8-32(36)16-22-38(40)47-26-28-49-51(43,44)34-19-13-30(2)14-20-34/h3-22H,23-28H2,1-2H3. The molecule has 0 bridgehead atoms. The van der Waals surface area contributed by atoms with E-state index in [1.807, 2.05) is 86.6 Å². The molecule has 0 N–H and O–H groups in total. The number of hydrogen-bond donors (Lipinski definition) is 0.